The number of fused-ring (bicyclic) bond motifs is 3. The van der Waals surface area contributed by atoms with Gasteiger partial charge in [-0.3, -0.25) is 4.79 Å². The molecule has 2 aliphatic carbocycles. The smallest absolute Gasteiger partial charge is 0.349 e. The van der Waals surface area contributed by atoms with E-state index in [-0.39, 0.29) is 28.3 Å². The highest BCUT2D eigenvalue weighted by Crippen LogP contribution is 2.65. The molecule has 0 saturated heterocycles. The van der Waals surface area contributed by atoms with Crippen molar-refractivity contribution in [2.45, 2.75) is 46.1 Å². The van der Waals surface area contributed by atoms with Gasteiger partial charge in [0, 0.05) is 11.4 Å². The molecule has 4 heteroatoms. The molecule has 1 heterocycles. The molecule has 1 amide bonds. The van der Waals surface area contributed by atoms with Crippen LogP contribution in [-0.4, -0.2) is 11.9 Å². The van der Waals surface area contributed by atoms with Gasteiger partial charge in [0.05, 0.1) is 0 Å². The Labute approximate surface area is 141 Å². The molecule has 2 fully saturated rings. The Hall–Kier alpha value is -2.10. The molecule has 0 radical (unpaired) electrons. The van der Waals surface area contributed by atoms with E-state index in [1.54, 1.807) is 12.1 Å². The van der Waals surface area contributed by atoms with E-state index in [0.29, 0.717) is 11.5 Å². The second kappa shape index (κ2) is 4.95. The summed E-state index contributed by atoms with van der Waals surface area (Å²) < 4.78 is 5.29. The lowest BCUT2D eigenvalue weighted by Crippen LogP contribution is -2.47. The fourth-order valence-corrected chi connectivity index (χ4v) is 4.88. The summed E-state index contributed by atoms with van der Waals surface area (Å²) in [6, 6.07) is 9.00. The number of benzene rings is 1. The summed E-state index contributed by atoms with van der Waals surface area (Å²) in [6.07, 6.45) is 3.35. The van der Waals surface area contributed by atoms with Gasteiger partial charge < -0.3 is 9.73 Å². The first kappa shape index (κ1) is 15.4. The van der Waals surface area contributed by atoms with E-state index >= 15 is 0 Å². The average molecular weight is 325 g/mol. The molecule has 1 N–H and O–H groups in total. The van der Waals surface area contributed by atoms with Crippen molar-refractivity contribution in [2.24, 2.45) is 16.7 Å². The van der Waals surface area contributed by atoms with Gasteiger partial charge in [0.15, 0.2) is 0 Å². The normalized spacial score (nSPS) is 30.6. The van der Waals surface area contributed by atoms with Gasteiger partial charge in [0.25, 0.3) is 5.91 Å². The minimum atomic E-state index is -0.571. The third-order valence-corrected chi connectivity index (χ3v) is 6.99. The SMILES string of the molecule is CC1(C)[C@@H]2CC[C@]1(C)[C@H](NC(=O)c1cc3ccccc3oc1=O)C2. The van der Waals surface area contributed by atoms with Gasteiger partial charge in [-0.05, 0) is 48.1 Å². The van der Waals surface area contributed by atoms with Crippen molar-refractivity contribution in [3.63, 3.8) is 0 Å². The lowest BCUT2D eigenvalue weighted by molar-refractivity contribution is 0.0823. The van der Waals surface area contributed by atoms with Crippen LogP contribution in [0.25, 0.3) is 11.0 Å². The fourth-order valence-electron chi connectivity index (χ4n) is 4.88. The number of hydrogen-bond donors (Lipinski definition) is 1. The predicted octanol–water partition coefficient (Wildman–Crippen LogP) is 3.74. The Balaban J connectivity index is 1.64. The average Bonchev–Trinajstić information content (AvgIpc) is 2.87. The summed E-state index contributed by atoms with van der Waals surface area (Å²) in [7, 11) is 0. The third kappa shape index (κ3) is 1.98. The van der Waals surface area contributed by atoms with E-state index in [9.17, 15) is 9.59 Å². The van der Waals surface area contributed by atoms with Crippen LogP contribution < -0.4 is 10.9 Å². The first-order valence-electron chi connectivity index (χ1n) is 8.67. The molecule has 24 heavy (non-hydrogen) atoms. The third-order valence-electron chi connectivity index (χ3n) is 6.99. The first-order valence-corrected chi connectivity index (χ1v) is 8.67. The van der Waals surface area contributed by atoms with Crippen molar-refractivity contribution < 1.29 is 9.21 Å². The van der Waals surface area contributed by atoms with E-state index in [2.05, 4.69) is 26.1 Å². The molecule has 2 bridgehead atoms. The molecule has 0 aliphatic heterocycles. The molecule has 4 rings (SSSR count). The van der Waals surface area contributed by atoms with Crippen molar-refractivity contribution in [3.8, 4) is 0 Å². The second-order valence-corrected chi connectivity index (χ2v) is 8.12. The van der Waals surface area contributed by atoms with Gasteiger partial charge in [-0.15, -0.1) is 0 Å². The lowest BCUT2D eigenvalue weighted by Gasteiger charge is -2.39. The molecular weight excluding hydrogens is 302 g/mol. The maximum absolute atomic E-state index is 12.7. The van der Waals surface area contributed by atoms with E-state index in [4.69, 9.17) is 4.42 Å². The zero-order chi connectivity index (χ0) is 17.1. The van der Waals surface area contributed by atoms with Crippen LogP contribution in [0.2, 0.25) is 0 Å². The van der Waals surface area contributed by atoms with Crippen LogP contribution in [0.4, 0.5) is 0 Å². The highest BCUT2D eigenvalue weighted by molar-refractivity contribution is 5.96. The van der Waals surface area contributed by atoms with Gasteiger partial charge >= 0.3 is 5.63 Å². The molecule has 1 aromatic heterocycles. The number of rotatable bonds is 2. The van der Waals surface area contributed by atoms with Gasteiger partial charge in [0.2, 0.25) is 0 Å². The van der Waals surface area contributed by atoms with Crippen molar-refractivity contribution in [2.75, 3.05) is 0 Å². The summed E-state index contributed by atoms with van der Waals surface area (Å²) in [4.78, 5) is 24.9. The van der Waals surface area contributed by atoms with Crippen LogP contribution in [0.15, 0.2) is 39.5 Å². The number of carbonyl (C=O) groups excluding carboxylic acids is 1. The number of amides is 1. The van der Waals surface area contributed by atoms with Crippen LogP contribution in [0.5, 0.6) is 0 Å². The molecule has 2 aromatic rings. The van der Waals surface area contributed by atoms with Crippen LogP contribution in [0.3, 0.4) is 0 Å². The van der Waals surface area contributed by atoms with Crippen LogP contribution >= 0.6 is 0 Å². The molecule has 0 unspecified atom stereocenters. The zero-order valence-electron chi connectivity index (χ0n) is 14.4. The van der Waals surface area contributed by atoms with Crippen molar-refractivity contribution >= 4 is 16.9 Å². The molecule has 0 spiro atoms. The number of para-hydroxylation sites is 1. The molecule has 2 aliphatic rings. The predicted molar refractivity (Wildman–Crippen MR) is 93.0 cm³/mol. The monoisotopic (exact) mass is 325 g/mol. The highest BCUT2D eigenvalue weighted by Gasteiger charge is 2.61. The highest BCUT2D eigenvalue weighted by atomic mass is 16.4. The van der Waals surface area contributed by atoms with Crippen LogP contribution in [0, 0.1) is 16.7 Å². The van der Waals surface area contributed by atoms with Crippen molar-refractivity contribution in [1.29, 1.82) is 0 Å². The number of hydrogen-bond acceptors (Lipinski definition) is 3. The summed E-state index contributed by atoms with van der Waals surface area (Å²) in [5.41, 5.74) is 0.340. The minimum Gasteiger partial charge on any atom is -0.422 e. The van der Waals surface area contributed by atoms with E-state index in [1.165, 1.54) is 6.42 Å². The number of nitrogens with one attached hydrogen (secondary N) is 1. The van der Waals surface area contributed by atoms with Crippen LogP contribution in [-0.2, 0) is 0 Å². The molecule has 126 valence electrons. The van der Waals surface area contributed by atoms with Gasteiger partial charge in [-0.1, -0.05) is 39.0 Å². The van der Waals surface area contributed by atoms with Crippen molar-refractivity contribution in [3.05, 3.63) is 46.3 Å². The Kier molecular flexibility index (Phi) is 3.18. The van der Waals surface area contributed by atoms with E-state index in [0.717, 1.165) is 18.2 Å². The standard InChI is InChI=1S/C20H23NO3/c1-19(2)13-8-9-20(19,3)16(11-13)21-17(22)14-10-12-6-4-5-7-15(12)24-18(14)23/h4-7,10,13,16H,8-9,11H2,1-3H3,(H,21,22)/t13-,16-,20-/m1/s1. The van der Waals surface area contributed by atoms with E-state index < -0.39 is 5.63 Å². The van der Waals surface area contributed by atoms with Crippen LogP contribution in [0.1, 0.15) is 50.4 Å². The Morgan fingerprint density at radius 2 is 2.00 bits per heavy atom. The van der Waals surface area contributed by atoms with Gasteiger partial charge in [0.1, 0.15) is 11.1 Å². The Bertz CT molecular complexity index is 882. The maximum Gasteiger partial charge on any atom is 0.349 e. The topological polar surface area (TPSA) is 59.3 Å². The quantitative estimate of drug-likeness (QED) is 0.856. The summed E-state index contributed by atoms with van der Waals surface area (Å²) >= 11 is 0. The van der Waals surface area contributed by atoms with Gasteiger partial charge in [-0.2, -0.15) is 0 Å². The first-order chi connectivity index (χ1) is 11.3. The fraction of sp³-hybridized carbons (Fsp3) is 0.500. The van der Waals surface area contributed by atoms with Gasteiger partial charge in [-0.25, -0.2) is 4.79 Å². The molecule has 3 atom stereocenters. The largest absolute Gasteiger partial charge is 0.422 e. The molecule has 4 nitrogen and oxygen atoms in total. The van der Waals surface area contributed by atoms with E-state index in [1.807, 2.05) is 18.2 Å². The summed E-state index contributed by atoms with van der Waals surface area (Å²) in [6.45, 7) is 6.89. The lowest BCUT2D eigenvalue weighted by atomic mass is 9.69. The molecular formula is C20H23NO3. The van der Waals surface area contributed by atoms with Crippen molar-refractivity contribution in [1.82, 2.24) is 5.32 Å². The number of carbonyl (C=O) groups is 1. The maximum atomic E-state index is 12.7. The molecule has 1 aromatic carbocycles. The summed E-state index contributed by atoms with van der Waals surface area (Å²) in [5.74, 6) is 0.324. The Morgan fingerprint density at radius 3 is 2.67 bits per heavy atom. The zero-order valence-corrected chi connectivity index (χ0v) is 14.4. The second-order valence-electron chi connectivity index (χ2n) is 8.12. The Morgan fingerprint density at radius 1 is 1.25 bits per heavy atom. The minimum absolute atomic E-state index is 0.0877. The summed E-state index contributed by atoms with van der Waals surface area (Å²) in [5, 5.41) is 3.89. The molecule has 2 saturated carbocycles.